The molecule has 1 aliphatic heterocycles. The zero-order valence-electron chi connectivity index (χ0n) is 17.3. The molecule has 1 atom stereocenters. The molecule has 0 bridgehead atoms. The maximum Gasteiger partial charge on any atom is 0.243 e. The zero-order chi connectivity index (χ0) is 21.0. The van der Waals surface area contributed by atoms with Gasteiger partial charge < -0.3 is 5.32 Å². The number of amides is 1. The topological polar surface area (TPSA) is 69.7 Å². The van der Waals surface area contributed by atoms with Gasteiger partial charge in [-0.1, -0.05) is 42.5 Å². The van der Waals surface area contributed by atoms with Crippen molar-refractivity contribution in [1.29, 1.82) is 0 Å². The van der Waals surface area contributed by atoms with Crippen molar-refractivity contribution in [2.45, 2.75) is 31.7 Å². The van der Waals surface area contributed by atoms with Crippen LogP contribution in [0.15, 0.2) is 53.4 Å². The van der Waals surface area contributed by atoms with Crippen molar-refractivity contribution in [2.75, 3.05) is 32.7 Å². The highest BCUT2D eigenvalue weighted by Crippen LogP contribution is 2.22. The first kappa shape index (κ1) is 21.5. The molecule has 1 unspecified atom stereocenters. The SMILES string of the molecule is Cc1ccc(C)c(S(=O)(=O)N2CCN(CC(=O)NC(C)c3ccccc3)CC2)c1. The smallest absolute Gasteiger partial charge is 0.243 e. The highest BCUT2D eigenvalue weighted by molar-refractivity contribution is 7.89. The fraction of sp³-hybridized carbons (Fsp3) is 0.409. The van der Waals surface area contributed by atoms with Crippen LogP contribution in [-0.4, -0.2) is 56.3 Å². The predicted molar refractivity (Wildman–Crippen MR) is 114 cm³/mol. The van der Waals surface area contributed by atoms with Gasteiger partial charge >= 0.3 is 0 Å². The van der Waals surface area contributed by atoms with Crippen LogP contribution in [0.1, 0.15) is 29.7 Å². The molecule has 1 saturated heterocycles. The summed E-state index contributed by atoms with van der Waals surface area (Å²) < 4.78 is 27.6. The monoisotopic (exact) mass is 415 g/mol. The molecule has 0 radical (unpaired) electrons. The van der Waals surface area contributed by atoms with Crippen LogP contribution in [0.2, 0.25) is 0 Å². The maximum absolute atomic E-state index is 13.0. The van der Waals surface area contributed by atoms with Crippen molar-refractivity contribution in [2.24, 2.45) is 0 Å². The summed E-state index contributed by atoms with van der Waals surface area (Å²) in [6, 6.07) is 15.3. The molecule has 0 spiro atoms. The van der Waals surface area contributed by atoms with Gasteiger partial charge in [0.2, 0.25) is 15.9 Å². The predicted octanol–water partition coefficient (Wildman–Crippen LogP) is 2.49. The summed E-state index contributed by atoms with van der Waals surface area (Å²) in [6.45, 7) is 7.80. The molecule has 1 aliphatic rings. The summed E-state index contributed by atoms with van der Waals surface area (Å²) in [4.78, 5) is 14.8. The number of benzene rings is 2. The molecule has 2 aromatic rings. The summed E-state index contributed by atoms with van der Waals surface area (Å²) in [5.74, 6) is -0.0489. The quantitative estimate of drug-likeness (QED) is 0.787. The van der Waals surface area contributed by atoms with Gasteiger partial charge in [0, 0.05) is 26.2 Å². The standard InChI is InChI=1S/C22H29N3O3S/c1-17-9-10-18(2)21(15-17)29(27,28)25-13-11-24(12-14-25)16-22(26)23-19(3)20-7-5-4-6-8-20/h4-10,15,19H,11-14,16H2,1-3H3,(H,23,26). The van der Waals surface area contributed by atoms with Gasteiger partial charge in [-0.25, -0.2) is 8.42 Å². The third-order valence-electron chi connectivity index (χ3n) is 5.34. The second-order valence-corrected chi connectivity index (χ2v) is 9.56. The number of carbonyl (C=O) groups is 1. The van der Waals surface area contributed by atoms with Crippen molar-refractivity contribution in [3.8, 4) is 0 Å². The van der Waals surface area contributed by atoms with E-state index in [1.807, 2.05) is 68.1 Å². The van der Waals surface area contributed by atoms with Gasteiger partial charge in [-0.15, -0.1) is 0 Å². The van der Waals surface area contributed by atoms with Crippen LogP contribution in [0.25, 0.3) is 0 Å². The molecular weight excluding hydrogens is 386 g/mol. The van der Waals surface area contributed by atoms with Gasteiger partial charge in [0.1, 0.15) is 0 Å². The van der Waals surface area contributed by atoms with Crippen LogP contribution in [0.4, 0.5) is 0 Å². The fourth-order valence-corrected chi connectivity index (χ4v) is 5.30. The van der Waals surface area contributed by atoms with Crippen LogP contribution in [-0.2, 0) is 14.8 Å². The summed E-state index contributed by atoms with van der Waals surface area (Å²) in [5, 5.41) is 3.01. The second kappa shape index (κ2) is 9.07. The van der Waals surface area contributed by atoms with Gasteiger partial charge in [0.15, 0.2) is 0 Å². The fourth-order valence-electron chi connectivity index (χ4n) is 3.57. The van der Waals surface area contributed by atoms with E-state index in [1.165, 1.54) is 4.31 Å². The summed E-state index contributed by atoms with van der Waals surface area (Å²) in [6.07, 6.45) is 0. The molecule has 3 rings (SSSR count). The Hall–Kier alpha value is -2.22. The van der Waals surface area contributed by atoms with Crippen LogP contribution in [0.3, 0.4) is 0 Å². The Morgan fingerprint density at radius 3 is 2.34 bits per heavy atom. The van der Waals surface area contributed by atoms with Crippen molar-refractivity contribution in [3.05, 3.63) is 65.2 Å². The number of hydrogen-bond donors (Lipinski definition) is 1. The zero-order valence-corrected chi connectivity index (χ0v) is 18.1. The van der Waals surface area contributed by atoms with Gasteiger partial charge in [-0.2, -0.15) is 4.31 Å². The lowest BCUT2D eigenvalue weighted by molar-refractivity contribution is -0.123. The van der Waals surface area contributed by atoms with E-state index in [0.717, 1.165) is 16.7 Å². The molecule has 0 saturated carbocycles. The number of hydrogen-bond acceptors (Lipinski definition) is 4. The van der Waals surface area contributed by atoms with Crippen LogP contribution in [0, 0.1) is 13.8 Å². The van der Waals surface area contributed by atoms with E-state index in [4.69, 9.17) is 0 Å². The summed E-state index contributed by atoms with van der Waals surface area (Å²) in [7, 11) is -3.52. The first-order valence-electron chi connectivity index (χ1n) is 9.91. The molecule has 6 nitrogen and oxygen atoms in total. The normalized spacial score (nSPS) is 17.1. The average Bonchev–Trinajstić information content (AvgIpc) is 2.70. The minimum Gasteiger partial charge on any atom is -0.348 e. The molecule has 2 aromatic carbocycles. The Labute approximate surface area is 173 Å². The van der Waals surface area contributed by atoms with Crippen LogP contribution >= 0.6 is 0 Å². The number of carbonyl (C=O) groups excluding carboxylic acids is 1. The lowest BCUT2D eigenvalue weighted by Gasteiger charge is -2.34. The van der Waals surface area contributed by atoms with Crippen molar-refractivity contribution in [1.82, 2.24) is 14.5 Å². The Morgan fingerprint density at radius 2 is 1.69 bits per heavy atom. The number of nitrogens with one attached hydrogen (secondary N) is 1. The van der Waals surface area contributed by atoms with E-state index >= 15 is 0 Å². The molecule has 1 heterocycles. The first-order valence-corrected chi connectivity index (χ1v) is 11.4. The highest BCUT2D eigenvalue weighted by Gasteiger charge is 2.30. The van der Waals surface area contributed by atoms with Crippen molar-refractivity contribution >= 4 is 15.9 Å². The van der Waals surface area contributed by atoms with E-state index in [2.05, 4.69) is 5.32 Å². The van der Waals surface area contributed by atoms with Crippen molar-refractivity contribution in [3.63, 3.8) is 0 Å². The minimum absolute atomic E-state index is 0.0489. The number of rotatable bonds is 6. The molecule has 156 valence electrons. The third-order valence-corrected chi connectivity index (χ3v) is 7.38. The number of aryl methyl sites for hydroxylation is 2. The molecule has 29 heavy (non-hydrogen) atoms. The first-order chi connectivity index (χ1) is 13.8. The highest BCUT2D eigenvalue weighted by atomic mass is 32.2. The summed E-state index contributed by atoms with van der Waals surface area (Å²) >= 11 is 0. The maximum atomic E-state index is 13.0. The van der Waals surface area contributed by atoms with Gasteiger partial charge in [-0.05, 0) is 43.5 Å². The molecular formula is C22H29N3O3S. The minimum atomic E-state index is -3.52. The number of nitrogens with zero attached hydrogens (tertiary/aromatic N) is 2. The van der Waals surface area contributed by atoms with Gasteiger partial charge in [0.05, 0.1) is 17.5 Å². The molecule has 1 fully saturated rings. The lowest BCUT2D eigenvalue weighted by Crippen LogP contribution is -2.51. The van der Waals surface area contributed by atoms with E-state index in [1.54, 1.807) is 6.07 Å². The van der Waals surface area contributed by atoms with E-state index < -0.39 is 10.0 Å². The Bertz CT molecular complexity index is 953. The molecule has 1 amide bonds. The Morgan fingerprint density at radius 1 is 1.03 bits per heavy atom. The largest absolute Gasteiger partial charge is 0.348 e. The summed E-state index contributed by atoms with van der Waals surface area (Å²) in [5.41, 5.74) is 2.75. The van der Waals surface area contributed by atoms with E-state index in [-0.39, 0.29) is 18.5 Å². The van der Waals surface area contributed by atoms with Crippen LogP contribution in [0.5, 0.6) is 0 Å². The lowest BCUT2D eigenvalue weighted by atomic mass is 10.1. The van der Waals surface area contributed by atoms with Gasteiger partial charge in [0.25, 0.3) is 0 Å². The third kappa shape index (κ3) is 5.23. The van der Waals surface area contributed by atoms with Gasteiger partial charge in [-0.3, -0.25) is 9.69 Å². The number of sulfonamides is 1. The van der Waals surface area contributed by atoms with Crippen LogP contribution < -0.4 is 5.32 Å². The molecule has 0 aliphatic carbocycles. The average molecular weight is 416 g/mol. The van der Waals surface area contributed by atoms with E-state index in [0.29, 0.717) is 31.1 Å². The Balaban J connectivity index is 1.55. The Kier molecular flexibility index (Phi) is 6.72. The molecule has 0 aromatic heterocycles. The number of piperazine rings is 1. The second-order valence-electron chi connectivity index (χ2n) is 7.65. The molecule has 7 heteroatoms. The van der Waals surface area contributed by atoms with E-state index in [9.17, 15) is 13.2 Å². The molecule has 1 N–H and O–H groups in total. The van der Waals surface area contributed by atoms with Crippen molar-refractivity contribution < 1.29 is 13.2 Å².